The van der Waals surface area contributed by atoms with Crippen LogP contribution in [0.2, 0.25) is 0 Å². The van der Waals surface area contributed by atoms with Crippen LogP contribution < -0.4 is 5.73 Å². The van der Waals surface area contributed by atoms with Crippen molar-refractivity contribution in [3.8, 4) is 0 Å². The Kier molecular flexibility index (Phi) is 1.76. The summed E-state index contributed by atoms with van der Waals surface area (Å²) < 4.78 is 0. The summed E-state index contributed by atoms with van der Waals surface area (Å²) in [4.78, 5) is 7.40. The first-order valence-corrected chi connectivity index (χ1v) is 5.75. The average molecular weight is 215 g/mol. The zero-order valence-electron chi connectivity index (χ0n) is 9.75. The highest BCUT2D eigenvalue weighted by Crippen LogP contribution is 2.54. The van der Waals surface area contributed by atoms with E-state index in [1.807, 2.05) is 0 Å². The minimum atomic E-state index is -0.152. The molecule has 1 aromatic carbocycles. The molecule has 16 heavy (non-hydrogen) atoms. The second-order valence-electron chi connectivity index (χ2n) is 5.44. The summed E-state index contributed by atoms with van der Waals surface area (Å²) in [6.07, 6.45) is 4.12. The molecule has 0 radical (unpaired) electrons. The highest BCUT2D eigenvalue weighted by atomic mass is 14.9. The molecule has 3 N–H and O–H groups in total. The first-order chi connectivity index (χ1) is 7.53. The fourth-order valence-corrected chi connectivity index (χ4v) is 2.66. The van der Waals surface area contributed by atoms with Crippen molar-refractivity contribution in [3.05, 3.63) is 30.1 Å². The van der Waals surface area contributed by atoms with Gasteiger partial charge >= 0.3 is 0 Å². The highest BCUT2D eigenvalue weighted by molar-refractivity contribution is 5.75. The number of nitrogens with one attached hydrogen (secondary N) is 1. The lowest BCUT2D eigenvalue weighted by Crippen LogP contribution is -2.45. The Labute approximate surface area is 95.1 Å². The summed E-state index contributed by atoms with van der Waals surface area (Å²) in [6, 6.07) is 6.45. The quantitative estimate of drug-likeness (QED) is 0.807. The van der Waals surface area contributed by atoms with Gasteiger partial charge in [0.1, 0.15) is 0 Å². The van der Waals surface area contributed by atoms with Gasteiger partial charge in [-0.25, -0.2) is 4.98 Å². The van der Waals surface area contributed by atoms with Crippen molar-refractivity contribution < 1.29 is 0 Å². The lowest BCUT2D eigenvalue weighted by molar-refractivity contribution is 0.392. The molecule has 2 aromatic rings. The van der Waals surface area contributed by atoms with Gasteiger partial charge in [-0.2, -0.15) is 0 Å². The Hall–Kier alpha value is -1.35. The molecule has 1 aromatic heterocycles. The summed E-state index contributed by atoms with van der Waals surface area (Å²) in [5, 5.41) is 0. The fourth-order valence-electron chi connectivity index (χ4n) is 2.66. The third kappa shape index (κ3) is 1.21. The highest BCUT2D eigenvalue weighted by Gasteiger charge is 2.53. The standard InChI is InChI=1S/C13H17N3/c1-12(2,14)13(5-6-13)9-3-4-10-11(7-9)16-8-15-10/h3-4,7-8H,5-6,14H2,1-2H3,(H,15,16). The smallest absolute Gasteiger partial charge is 0.0931 e. The normalized spacial score (nSPS) is 18.9. The Morgan fingerprint density at radius 1 is 1.38 bits per heavy atom. The van der Waals surface area contributed by atoms with Crippen molar-refractivity contribution in [2.75, 3.05) is 0 Å². The first kappa shape index (κ1) is 9.85. The SMILES string of the molecule is CC(C)(N)C1(c2ccc3nc[nH]c3c2)CC1. The van der Waals surface area contributed by atoms with Crippen LogP contribution in [0, 0.1) is 0 Å². The molecule has 0 unspecified atom stereocenters. The molecule has 0 saturated heterocycles. The molecular formula is C13H17N3. The number of rotatable bonds is 2. The second kappa shape index (κ2) is 2.86. The predicted octanol–water partition coefficient (Wildman–Crippen LogP) is 2.33. The maximum Gasteiger partial charge on any atom is 0.0931 e. The van der Waals surface area contributed by atoms with Crippen LogP contribution in [0.25, 0.3) is 11.0 Å². The van der Waals surface area contributed by atoms with Crippen molar-refractivity contribution in [1.82, 2.24) is 9.97 Å². The molecule has 1 heterocycles. The zero-order valence-corrected chi connectivity index (χ0v) is 9.75. The number of imidazole rings is 1. The van der Waals surface area contributed by atoms with E-state index in [9.17, 15) is 0 Å². The molecule has 1 saturated carbocycles. The van der Waals surface area contributed by atoms with Gasteiger partial charge in [0, 0.05) is 11.0 Å². The third-order valence-corrected chi connectivity index (χ3v) is 3.96. The number of hydrogen-bond donors (Lipinski definition) is 2. The van der Waals surface area contributed by atoms with Crippen LogP contribution >= 0.6 is 0 Å². The van der Waals surface area contributed by atoms with E-state index >= 15 is 0 Å². The Morgan fingerprint density at radius 2 is 2.12 bits per heavy atom. The molecule has 1 fully saturated rings. The fraction of sp³-hybridized carbons (Fsp3) is 0.462. The molecule has 84 valence electrons. The summed E-state index contributed by atoms with van der Waals surface area (Å²) in [5.41, 5.74) is 9.79. The molecule has 0 atom stereocenters. The van der Waals surface area contributed by atoms with E-state index in [2.05, 4.69) is 42.0 Å². The largest absolute Gasteiger partial charge is 0.345 e. The van der Waals surface area contributed by atoms with Crippen LogP contribution in [0.5, 0.6) is 0 Å². The number of benzene rings is 1. The molecular weight excluding hydrogens is 198 g/mol. The number of H-pyrrole nitrogens is 1. The minimum Gasteiger partial charge on any atom is -0.345 e. The van der Waals surface area contributed by atoms with E-state index in [-0.39, 0.29) is 11.0 Å². The van der Waals surface area contributed by atoms with Crippen LogP contribution in [-0.4, -0.2) is 15.5 Å². The van der Waals surface area contributed by atoms with Gasteiger partial charge in [-0.05, 0) is 44.4 Å². The number of nitrogens with two attached hydrogens (primary N) is 1. The van der Waals surface area contributed by atoms with Crippen LogP contribution in [0.3, 0.4) is 0 Å². The van der Waals surface area contributed by atoms with Crippen molar-refractivity contribution in [3.63, 3.8) is 0 Å². The van der Waals surface area contributed by atoms with Crippen LogP contribution in [0.4, 0.5) is 0 Å². The van der Waals surface area contributed by atoms with E-state index in [1.54, 1.807) is 6.33 Å². The lowest BCUT2D eigenvalue weighted by Gasteiger charge is -2.31. The molecule has 3 rings (SSSR count). The van der Waals surface area contributed by atoms with Gasteiger partial charge < -0.3 is 10.7 Å². The second-order valence-corrected chi connectivity index (χ2v) is 5.44. The monoisotopic (exact) mass is 215 g/mol. The molecule has 1 aliphatic rings. The molecule has 3 nitrogen and oxygen atoms in total. The van der Waals surface area contributed by atoms with Crippen LogP contribution in [0.1, 0.15) is 32.3 Å². The van der Waals surface area contributed by atoms with Gasteiger partial charge in [0.2, 0.25) is 0 Å². The predicted molar refractivity (Wildman–Crippen MR) is 65.3 cm³/mol. The lowest BCUT2D eigenvalue weighted by atomic mass is 9.79. The van der Waals surface area contributed by atoms with Gasteiger partial charge in [-0.3, -0.25) is 0 Å². The van der Waals surface area contributed by atoms with E-state index in [1.165, 1.54) is 18.4 Å². The van der Waals surface area contributed by atoms with Crippen molar-refractivity contribution in [2.24, 2.45) is 5.73 Å². The Bertz CT molecular complexity index is 529. The maximum absolute atomic E-state index is 6.30. The number of aromatic amines is 1. The number of nitrogens with zero attached hydrogens (tertiary/aromatic N) is 1. The first-order valence-electron chi connectivity index (χ1n) is 5.75. The average Bonchev–Trinajstić information content (AvgIpc) is 2.91. The number of aromatic nitrogens is 2. The van der Waals surface area contributed by atoms with E-state index < -0.39 is 0 Å². The van der Waals surface area contributed by atoms with E-state index in [0.717, 1.165) is 11.0 Å². The van der Waals surface area contributed by atoms with Gasteiger partial charge in [0.25, 0.3) is 0 Å². The Morgan fingerprint density at radius 3 is 2.75 bits per heavy atom. The van der Waals surface area contributed by atoms with Crippen LogP contribution in [0.15, 0.2) is 24.5 Å². The van der Waals surface area contributed by atoms with E-state index in [4.69, 9.17) is 5.73 Å². The molecule has 3 heteroatoms. The topological polar surface area (TPSA) is 54.7 Å². The van der Waals surface area contributed by atoms with Crippen molar-refractivity contribution >= 4 is 11.0 Å². The molecule has 0 aliphatic heterocycles. The maximum atomic E-state index is 6.30. The summed E-state index contributed by atoms with van der Waals surface area (Å²) in [6.45, 7) is 4.24. The molecule has 0 amide bonds. The van der Waals surface area contributed by atoms with Crippen LogP contribution in [-0.2, 0) is 5.41 Å². The molecule has 0 spiro atoms. The van der Waals surface area contributed by atoms with Gasteiger partial charge in [0.15, 0.2) is 0 Å². The van der Waals surface area contributed by atoms with Gasteiger partial charge in [-0.1, -0.05) is 6.07 Å². The minimum absolute atomic E-state index is 0.152. The van der Waals surface area contributed by atoms with Crippen molar-refractivity contribution in [2.45, 2.75) is 37.6 Å². The van der Waals surface area contributed by atoms with Crippen molar-refractivity contribution in [1.29, 1.82) is 0 Å². The van der Waals surface area contributed by atoms with Gasteiger partial charge in [0.05, 0.1) is 17.4 Å². The zero-order chi connectivity index (χ0) is 11.4. The number of fused-ring (bicyclic) bond motifs is 1. The Balaban J connectivity index is 2.12. The summed E-state index contributed by atoms with van der Waals surface area (Å²) in [7, 11) is 0. The third-order valence-electron chi connectivity index (χ3n) is 3.96. The number of hydrogen-bond acceptors (Lipinski definition) is 2. The molecule has 0 bridgehead atoms. The summed E-state index contributed by atoms with van der Waals surface area (Å²) >= 11 is 0. The van der Waals surface area contributed by atoms with Gasteiger partial charge in [-0.15, -0.1) is 0 Å². The molecule has 1 aliphatic carbocycles. The summed E-state index contributed by atoms with van der Waals surface area (Å²) in [5.74, 6) is 0. The van der Waals surface area contributed by atoms with E-state index in [0.29, 0.717) is 0 Å².